The van der Waals surface area contributed by atoms with Crippen LogP contribution in [0.25, 0.3) is 0 Å². The summed E-state index contributed by atoms with van der Waals surface area (Å²) in [6.45, 7) is 3.96. The molecule has 1 amide bonds. The SMILES string of the molecule is CC(C)(N)CSCC(=O)NC1CCCC1. The maximum absolute atomic E-state index is 11.5. The largest absolute Gasteiger partial charge is 0.353 e. The van der Waals surface area contributed by atoms with E-state index in [2.05, 4.69) is 5.32 Å². The van der Waals surface area contributed by atoms with E-state index < -0.39 is 0 Å². The lowest BCUT2D eigenvalue weighted by atomic mass is 10.1. The molecule has 0 bridgehead atoms. The van der Waals surface area contributed by atoms with Crippen LogP contribution in [0.4, 0.5) is 0 Å². The van der Waals surface area contributed by atoms with Crippen LogP contribution in [0, 0.1) is 0 Å². The molecule has 0 atom stereocenters. The van der Waals surface area contributed by atoms with E-state index in [1.165, 1.54) is 12.8 Å². The Morgan fingerprint density at radius 3 is 2.60 bits per heavy atom. The number of carbonyl (C=O) groups is 1. The van der Waals surface area contributed by atoms with E-state index in [0.717, 1.165) is 18.6 Å². The van der Waals surface area contributed by atoms with Crippen molar-refractivity contribution >= 4 is 17.7 Å². The lowest BCUT2D eigenvalue weighted by Crippen LogP contribution is -2.37. The van der Waals surface area contributed by atoms with Crippen molar-refractivity contribution in [1.29, 1.82) is 0 Å². The lowest BCUT2D eigenvalue weighted by Gasteiger charge is -2.18. The Labute approximate surface area is 96.6 Å². The molecule has 1 saturated carbocycles. The number of nitrogens with one attached hydrogen (secondary N) is 1. The van der Waals surface area contributed by atoms with Crippen molar-refractivity contribution in [3.8, 4) is 0 Å². The number of nitrogens with two attached hydrogens (primary N) is 1. The highest BCUT2D eigenvalue weighted by Crippen LogP contribution is 2.18. The quantitative estimate of drug-likeness (QED) is 0.753. The molecule has 0 aromatic heterocycles. The predicted octanol–water partition coefficient (Wildman–Crippen LogP) is 1.52. The summed E-state index contributed by atoms with van der Waals surface area (Å²) in [5, 5.41) is 3.06. The van der Waals surface area contributed by atoms with Crippen LogP contribution in [-0.2, 0) is 4.79 Å². The standard InChI is InChI=1S/C11H22N2OS/c1-11(2,12)8-15-7-10(14)13-9-5-3-4-6-9/h9H,3-8,12H2,1-2H3,(H,13,14). The second kappa shape index (κ2) is 5.75. The maximum atomic E-state index is 11.5. The van der Waals surface area contributed by atoms with Crippen LogP contribution >= 0.6 is 11.8 Å². The Kier molecular flexibility index (Phi) is 4.93. The van der Waals surface area contributed by atoms with Crippen molar-refractivity contribution in [3.63, 3.8) is 0 Å². The van der Waals surface area contributed by atoms with Gasteiger partial charge in [-0.25, -0.2) is 0 Å². The minimum Gasteiger partial charge on any atom is -0.353 e. The van der Waals surface area contributed by atoms with Crippen LogP contribution in [0.2, 0.25) is 0 Å². The summed E-state index contributed by atoms with van der Waals surface area (Å²) in [4.78, 5) is 11.5. The van der Waals surface area contributed by atoms with Crippen LogP contribution in [0.15, 0.2) is 0 Å². The van der Waals surface area contributed by atoms with Gasteiger partial charge in [-0.05, 0) is 26.7 Å². The number of carbonyl (C=O) groups excluding carboxylic acids is 1. The van der Waals surface area contributed by atoms with Gasteiger partial charge >= 0.3 is 0 Å². The highest BCUT2D eigenvalue weighted by Gasteiger charge is 2.17. The average Bonchev–Trinajstić information content (AvgIpc) is 2.54. The topological polar surface area (TPSA) is 55.1 Å². The highest BCUT2D eigenvalue weighted by molar-refractivity contribution is 8.00. The van der Waals surface area contributed by atoms with Gasteiger partial charge in [-0.3, -0.25) is 4.79 Å². The fraction of sp³-hybridized carbons (Fsp3) is 0.909. The van der Waals surface area contributed by atoms with Crippen molar-refractivity contribution in [1.82, 2.24) is 5.32 Å². The van der Waals surface area contributed by atoms with Gasteiger partial charge in [0.05, 0.1) is 5.75 Å². The predicted molar refractivity (Wildman–Crippen MR) is 66.0 cm³/mol. The Morgan fingerprint density at radius 2 is 2.07 bits per heavy atom. The first-order valence-corrected chi connectivity index (χ1v) is 6.79. The van der Waals surface area contributed by atoms with Gasteiger partial charge in [0.15, 0.2) is 0 Å². The average molecular weight is 230 g/mol. The van der Waals surface area contributed by atoms with Crippen molar-refractivity contribution in [2.24, 2.45) is 5.73 Å². The Morgan fingerprint density at radius 1 is 1.47 bits per heavy atom. The fourth-order valence-electron chi connectivity index (χ4n) is 1.75. The molecule has 0 saturated heterocycles. The molecule has 3 N–H and O–H groups in total. The van der Waals surface area contributed by atoms with Crippen molar-refractivity contribution in [2.75, 3.05) is 11.5 Å². The van der Waals surface area contributed by atoms with Gasteiger partial charge < -0.3 is 11.1 Å². The second-order valence-electron chi connectivity index (χ2n) is 5.03. The molecule has 0 aromatic rings. The summed E-state index contributed by atoms with van der Waals surface area (Å²) < 4.78 is 0. The van der Waals surface area contributed by atoms with Gasteiger partial charge in [0, 0.05) is 17.3 Å². The summed E-state index contributed by atoms with van der Waals surface area (Å²) in [5.41, 5.74) is 5.65. The molecule has 1 aliphatic carbocycles. The van der Waals surface area contributed by atoms with Gasteiger partial charge in [-0.1, -0.05) is 12.8 Å². The molecular formula is C11H22N2OS. The third-order valence-corrected chi connectivity index (χ3v) is 3.84. The first kappa shape index (κ1) is 12.8. The fourth-order valence-corrected chi connectivity index (χ4v) is 2.64. The molecule has 0 radical (unpaired) electrons. The van der Waals surface area contributed by atoms with Gasteiger partial charge in [-0.2, -0.15) is 11.8 Å². The Balaban J connectivity index is 2.08. The molecule has 0 unspecified atom stereocenters. The smallest absolute Gasteiger partial charge is 0.230 e. The molecule has 0 spiro atoms. The minimum absolute atomic E-state index is 0.163. The lowest BCUT2D eigenvalue weighted by molar-refractivity contribution is -0.119. The molecule has 15 heavy (non-hydrogen) atoms. The second-order valence-corrected chi connectivity index (χ2v) is 6.02. The molecule has 0 heterocycles. The van der Waals surface area contributed by atoms with Crippen molar-refractivity contribution in [2.45, 2.75) is 51.1 Å². The van der Waals surface area contributed by atoms with Crippen LogP contribution in [0.1, 0.15) is 39.5 Å². The summed E-state index contributed by atoms with van der Waals surface area (Å²) in [7, 11) is 0. The van der Waals surface area contributed by atoms with Crippen molar-refractivity contribution in [3.05, 3.63) is 0 Å². The van der Waals surface area contributed by atoms with E-state index >= 15 is 0 Å². The number of thioether (sulfide) groups is 1. The molecule has 88 valence electrons. The molecule has 0 aromatic carbocycles. The molecule has 1 fully saturated rings. The zero-order chi connectivity index (χ0) is 11.3. The summed E-state index contributed by atoms with van der Waals surface area (Å²) >= 11 is 1.61. The zero-order valence-corrected chi connectivity index (χ0v) is 10.5. The van der Waals surface area contributed by atoms with Crippen LogP contribution in [-0.4, -0.2) is 29.0 Å². The van der Waals surface area contributed by atoms with Gasteiger partial charge in [-0.15, -0.1) is 0 Å². The molecule has 1 rings (SSSR count). The first-order valence-electron chi connectivity index (χ1n) is 5.63. The maximum Gasteiger partial charge on any atom is 0.230 e. The van der Waals surface area contributed by atoms with E-state index in [4.69, 9.17) is 5.73 Å². The minimum atomic E-state index is -0.182. The van der Waals surface area contributed by atoms with Gasteiger partial charge in [0.2, 0.25) is 5.91 Å². The van der Waals surface area contributed by atoms with Gasteiger partial charge in [0.25, 0.3) is 0 Å². The number of amides is 1. The van der Waals surface area contributed by atoms with Crippen LogP contribution < -0.4 is 11.1 Å². The normalized spacial score (nSPS) is 18.1. The van der Waals surface area contributed by atoms with E-state index in [1.807, 2.05) is 13.8 Å². The molecule has 1 aliphatic rings. The van der Waals surface area contributed by atoms with Gasteiger partial charge in [0.1, 0.15) is 0 Å². The zero-order valence-electron chi connectivity index (χ0n) is 9.71. The van der Waals surface area contributed by atoms with Crippen LogP contribution in [0.5, 0.6) is 0 Å². The third-order valence-electron chi connectivity index (χ3n) is 2.43. The number of rotatable bonds is 5. The summed E-state index contributed by atoms with van der Waals surface area (Å²) in [5.74, 6) is 1.53. The monoisotopic (exact) mass is 230 g/mol. The van der Waals surface area contributed by atoms with Crippen molar-refractivity contribution < 1.29 is 4.79 Å². The number of hydrogen-bond donors (Lipinski definition) is 2. The van der Waals surface area contributed by atoms with E-state index in [0.29, 0.717) is 11.8 Å². The highest BCUT2D eigenvalue weighted by atomic mass is 32.2. The van der Waals surface area contributed by atoms with Crippen LogP contribution in [0.3, 0.4) is 0 Å². The third kappa shape index (κ3) is 6.05. The molecule has 3 nitrogen and oxygen atoms in total. The van der Waals surface area contributed by atoms with E-state index in [9.17, 15) is 4.79 Å². The molecule has 4 heteroatoms. The van der Waals surface area contributed by atoms with E-state index in [1.54, 1.807) is 11.8 Å². The Hall–Kier alpha value is -0.220. The molecule has 0 aliphatic heterocycles. The van der Waals surface area contributed by atoms with E-state index in [-0.39, 0.29) is 11.4 Å². The summed E-state index contributed by atoms with van der Waals surface area (Å²) in [6.07, 6.45) is 4.82. The molecular weight excluding hydrogens is 208 g/mol. The Bertz CT molecular complexity index is 207. The summed E-state index contributed by atoms with van der Waals surface area (Å²) in [6, 6.07) is 0.434. The first-order chi connectivity index (χ1) is 6.97. The number of hydrogen-bond acceptors (Lipinski definition) is 3.